The van der Waals surface area contributed by atoms with E-state index in [1.54, 1.807) is 0 Å². The molecular weight excluding hydrogens is 122 g/mol. The van der Waals surface area contributed by atoms with Crippen LogP contribution in [0.3, 0.4) is 0 Å². The van der Waals surface area contributed by atoms with Gasteiger partial charge < -0.3 is 0 Å². The Morgan fingerprint density at radius 3 is 1.33 bits per heavy atom. The lowest BCUT2D eigenvalue weighted by Crippen LogP contribution is -1.62. The second-order valence-corrected chi connectivity index (χ2v) is 0.374. The summed E-state index contributed by atoms with van der Waals surface area (Å²) >= 11 is 0. The van der Waals surface area contributed by atoms with Crippen LogP contribution >= 0.6 is 0 Å². The molecule has 0 aliphatic carbocycles. The van der Waals surface area contributed by atoms with Gasteiger partial charge in [-0.25, -0.2) is 10.2 Å². The molecule has 0 atom stereocenters. The van der Waals surface area contributed by atoms with E-state index in [1.807, 2.05) is 0 Å². The zero-order chi connectivity index (χ0) is 8.12. The summed E-state index contributed by atoms with van der Waals surface area (Å²) in [4.78, 5) is 26.0. The van der Waals surface area contributed by atoms with E-state index in [0.717, 1.165) is 6.08 Å². The van der Waals surface area contributed by atoms with E-state index in [-0.39, 0.29) is 12.6 Å². The molecule has 0 spiro atoms. The molecule has 0 aromatic rings. The number of hydrogen-bond donors (Lipinski definition) is 1. The summed E-state index contributed by atoms with van der Waals surface area (Å²) in [5.74, 6) is 0. The quantitative estimate of drug-likeness (QED) is 0.179. The number of aldehydes is 2. The molecule has 0 saturated carbocycles. The molecular formula is C5H7NO3. The predicted octanol–water partition coefficient (Wildman–Crippen LogP) is 0.0874. The first kappa shape index (κ1) is 15.7. The third-order valence-electron chi connectivity index (χ3n) is 0.0556. The Morgan fingerprint density at radius 1 is 1.22 bits per heavy atom. The number of isocyanates is 1. The first-order valence-corrected chi connectivity index (χ1v) is 1.76. The van der Waals surface area contributed by atoms with Crippen molar-refractivity contribution in [3.63, 3.8) is 0 Å². The largest absolute Gasteiger partial charge is 0.295 e. The van der Waals surface area contributed by atoms with Crippen LogP contribution in [0.1, 0.15) is 0 Å². The summed E-state index contributed by atoms with van der Waals surface area (Å²) in [6.07, 6.45) is 1.14. The predicted molar refractivity (Wildman–Crippen MR) is 31.8 cm³/mol. The fourth-order valence-electron chi connectivity index (χ4n) is 0. The normalized spacial score (nSPS) is 3.56. The molecule has 1 N–H and O–H groups in total. The molecule has 0 aliphatic heterocycles. The molecule has 4 nitrogen and oxygen atoms in total. The van der Waals surface area contributed by atoms with Gasteiger partial charge in [-0.1, -0.05) is 0 Å². The standard InChI is InChI=1S/C2H2O2.C2H4.CHNO/c3-1-2-4;1-2;2-1-3/h1-2H;1-2H2;2H. The molecule has 0 radical (unpaired) electrons. The number of hydrogen-bond acceptors (Lipinski definition) is 4. The number of rotatable bonds is 1. The summed E-state index contributed by atoms with van der Waals surface area (Å²) in [7, 11) is 0. The highest BCUT2D eigenvalue weighted by atomic mass is 16.2. The van der Waals surface area contributed by atoms with Crippen molar-refractivity contribution in [1.82, 2.24) is 0 Å². The molecule has 0 saturated heterocycles. The van der Waals surface area contributed by atoms with E-state index in [2.05, 4.69) is 13.2 Å². The summed E-state index contributed by atoms with van der Waals surface area (Å²) in [6, 6.07) is 0. The van der Waals surface area contributed by atoms with Gasteiger partial charge in [-0.2, -0.15) is 0 Å². The van der Waals surface area contributed by atoms with Crippen molar-refractivity contribution < 1.29 is 14.4 Å². The van der Waals surface area contributed by atoms with E-state index in [1.165, 1.54) is 0 Å². The maximum absolute atomic E-state index is 8.81. The van der Waals surface area contributed by atoms with E-state index in [0.29, 0.717) is 0 Å². The third-order valence-corrected chi connectivity index (χ3v) is 0.0556. The van der Waals surface area contributed by atoms with E-state index in [9.17, 15) is 0 Å². The summed E-state index contributed by atoms with van der Waals surface area (Å²) in [6.45, 7) is 6.00. The minimum atomic E-state index is 0.194. The molecule has 0 unspecified atom stereocenters. The van der Waals surface area contributed by atoms with Gasteiger partial charge in [0.05, 0.1) is 0 Å². The number of nitrogens with one attached hydrogen (secondary N) is 1. The van der Waals surface area contributed by atoms with Gasteiger partial charge in [0.2, 0.25) is 6.08 Å². The van der Waals surface area contributed by atoms with Gasteiger partial charge in [-0.15, -0.1) is 13.2 Å². The molecule has 50 valence electrons. The van der Waals surface area contributed by atoms with Gasteiger partial charge in [0.1, 0.15) is 0 Å². The highest BCUT2D eigenvalue weighted by Gasteiger charge is 1.47. The summed E-state index contributed by atoms with van der Waals surface area (Å²) in [5.41, 5.74) is 0. The van der Waals surface area contributed by atoms with E-state index < -0.39 is 0 Å². The van der Waals surface area contributed by atoms with Crippen molar-refractivity contribution in [3.8, 4) is 0 Å². The summed E-state index contributed by atoms with van der Waals surface area (Å²) < 4.78 is 0. The van der Waals surface area contributed by atoms with Crippen molar-refractivity contribution in [1.29, 1.82) is 5.41 Å². The van der Waals surface area contributed by atoms with Crippen LogP contribution in [0.2, 0.25) is 0 Å². The Bertz CT molecular complexity index is 88.4. The average molecular weight is 129 g/mol. The zero-order valence-corrected chi connectivity index (χ0v) is 4.79. The summed E-state index contributed by atoms with van der Waals surface area (Å²) in [5, 5.41) is 5.40. The molecule has 9 heavy (non-hydrogen) atoms. The van der Waals surface area contributed by atoms with Gasteiger partial charge in [-0.05, 0) is 0 Å². The maximum atomic E-state index is 8.81. The Balaban J connectivity index is -0.0000000646. The minimum Gasteiger partial charge on any atom is -0.295 e. The molecule has 0 heterocycles. The van der Waals surface area contributed by atoms with Crippen molar-refractivity contribution in [3.05, 3.63) is 13.2 Å². The van der Waals surface area contributed by atoms with Crippen molar-refractivity contribution in [2.45, 2.75) is 0 Å². The van der Waals surface area contributed by atoms with Crippen LogP contribution in [0.4, 0.5) is 0 Å². The lowest BCUT2D eigenvalue weighted by molar-refractivity contribution is -0.122. The van der Waals surface area contributed by atoms with Crippen LogP contribution in [-0.4, -0.2) is 18.7 Å². The number of carbonyl (C=O) groups is 2. The second kappa shape index (κ2) is 90.3. The molecule has 0 aliphatic rings. The Labute approximate surface area is 52.7 Å². The molecule has 0 amide bonds. The molecule has 0 aromatic carbocycles. The molecule has 0 rings (SSSR count). The fourth-order valence-corrected chi connectivity index (χ4v) is 0. The smallest absolute Gasteiger partial charge is 0.231 e. The first-order chi connectivity index (χ1) is 4.33. The topological polar surface area (TPSA) is 75.1 Å². The van der Waals surface area contributed by atoms with Crippen LogP contribution in [0.5, 0.6) is 0 Å². The molecule has 0 aromatic heterocycles. The monoisotopic (exact) mass is 129 g/mol. The second-order valence-electron chi connectivity index (χ2n) is 0.374. The Kier molecular flexibility index (Phi) is 157. The van der Waals surface area contributed by atoms with Gasteiger partial charge >= 0.3 is 0 Å². The molecule has 0 bridgehead atoms. The van der Waals surface area contributed by atoms with Crippen LogP contribution in [0, 0.1) is 5.41 Å². The fraction of sp³-hybridized carbons (Fsp3) is 0. The van der Waals surface area contributed by atoms with Crippen molar-refractivity contribution in [2.24, 2.45) is 0 Å². The Hall–Kier alpha value is -1.54. The maximum Gasteiger partial charge on any atom is 0.231 e. The van der Waals surface area contributed by atoms with Gasteiger partial charge in [0, 0.05) is 0 Å². The molecule has 4 heteroatoms. The third kappa shape index (κ3) is 441. The van der Waals surface area contributed by atoms with Gasteiger partial charge in [-0.3, -0.25) is 9.59 Å². The van der Waals surface area contributed by atoms with Gasteiger partial charge in [0.15, 0.2) is 12.6 Å². The van der Waals surface area contributed by atoms with Crippen LogP contribution in [-0.2, 0) is 14.4 Å². The number of carbonyl (C=O) groups excluding carboxylic acids is 3. The first-order valence-electron chi connectivity index (χ1n) is 1.76. The van der Waals surface area contributed by atoms with Crippen molar-refractivity contribution in [2.75, 3.05) is 0 Å². The molecule has 0 fully saturated rings. The Morgan fingerprint density at radius 2 is 1.33 bits per heavy atom. The highest BCUT2D eigenvalue weighted by Crippen LogP contribution is 1.12. The van der Waals surface area contributed by atoms with Gasteiger partial charge in [0.25, 0.3) is 0 Å². The van der Waals surface area contributed by atoms with E-state index >= 15 is 0 Å². The zero-order valence-electron chi connectivity index (χ0n) is 4.79. The highest BCUT2D eigenvalue weighted by molar-refractivity contribution is 6.09. The van der Waals surface area contributed by atoms with Crippen LogP contribution < -0.4 is 0 Å². The van der Waals surface area contributed by atoms with Crippen LogP contribution in [0.15, 0.2) is 13.2 Å². The average Bonchev–Trinajstić information content (AvgIpc) is 1.94. The van der Waals surface area contributed by atoms with Crippen LogP contribution in [0.25, 0.3) is 0 Å². The SMILES string of the molecule is C=C.N=C=O.O=CC=O. The van der Waals surface area contributed by atoms with Crippen molar-refractivity contribution >= 4 is 18.7 Å². The van der Waals surface area contributed by atoms with E-state index in [4.69, 9.17) is 19.8 Å². The lowest BCUT2D eigenvalue weighted by atomic mass is 10.9. The minimum absolute atomic E-state index is 0.194. The lowest BCUT2D eigenvalue weighted by Gasteiger charge is -1.31.